The van der Waals surface area contributed by atoms with Gasteiger partial charge < -0.3 is 5.11 Å². The predicted octanol–water partition coefficient (Wildman–Crippen LogP) is 1.77. The first kappa shape index (κ1) is 16.4. The number of alkyl halides is 3. The van der Waals surface area contributed by atoms with E-state index in [-0.39, 0.29) is 5.56 Å². The normalized spacial score (nSPS) is 14.1. The molecule has 0 unspecified atom stereocenters. The third kappa shape index (κ3) is 3.70. The molecule has 20 heavy (non-hydrogen) atoms. The van der Waals surface area contributed by atoms with Crippen LogP contribution in [0.3, 0.4) is 0 Å². The van der Waals surface area contributed by atoms with Gasteiger partial charge in [-0.1, -0.05) is 0 Å². The van der Waals surface area contributed by atoms with E-state index in [0.29, 0.717) is 12.1 Å². The minimum absolute atomic E-state index is 0.120. The molecule has 0 radical (unpaired) electrons. The summed E-state index contributed by atoms with van der Waals surface area (Å²) in [5.74, 6) is -1.39. The van der Waals surface area contributed by atoms with Gasteiger partial charge in [-0.15, -0.1) is 0 Å². The largest absolute Gasteiger partial charge is 0.480 e. The van der Waals surface area contributed by atoms with Crippen molar-refractivity contribution in [2.75, 3.05) is 0 Å². The van der Waals surface area contributed by atoms with Crippen LogP contribution in [0.15, 0.2) is 23.1 Å². The maximum absolute atomic E-state index is 12.5. The lowest BCUT2D eigenvalue weighted by Gasteiger charge is -2.14. The van der Waals surface area contributed by atoms with E-state index in [1.165, 1.54) is 6.92 Å². The molecule has 0 heterocycles. The fourth-order valence-corrected chi connectivity index (χ4v) is 2.90. The van der Waals surface area contributed by atoms with Crippen LogP contribution in [0, 0.1) is 6.92 Å². The molecular weight excluding hydrogens is 299 g/mol. The zero-order chi connectivity index (χ0) is 15.7. The van der Waals surface area contributed by atoms with Gasteiger partial charge in [-0.3, -0.25) is 4.79 Å². The molecule has 0 amide bonds. The predicted molar refractivity (Wildman–Crippen MR) is 63.6 cm³/mol. The molecule has 1 aromatic rings. The summed E-state index contributed by atoms with van der Waals surface area (Å²) < 4.78 is 63.0. The van der Waals surface area contributed by atoms with Gasteiger partial charge in [0, 0.05) is 0 Å². The van der Waals surface area contributed by atoms with E-state index in [4.69, 9.17) is 5.11 Å². The molecule has 0 saturated heterocycles. The molecule has 0 aliphatic rings. The average Bonchev–Trinajstić information content (AvgIpc) is 2.26. The van der Waals surface area contributed by atoms with E-state index < -0.39 is 38.7 Å². The van der Waals surface area contributed by atoms with Crippen LogP contribution in [0.4, 0.5) is 13.2 Å². The highest BCUT2D eigenvalue weighted by Gasteiger charge is 2.32. The van der Waals surface area contributed by atoms with Gasteiger partial charge in [0.2, 0.25) is 10.0 Å². The molecule has 1 aromatic carbocycles. The maximum atomic E-state index is 12.5. The smallest absolute Gasteiger partial charge is 0.416 e. The van der Waals surface area contributed by atoms with Crippen LogP contribution in [0.1, 0.15) is 18.1 Å². The van der Waals surface area contributed by atoms with Crippen molar-refractivity contribution in [3.8, 4) is 0 Å². The van der Waals surface area contributed by atoms with Gasteiger partial charge in [-0.25, -0.2) is 8.42 Å². The molecule has 0 spiro atoms. The Morgan fingerprint density at radius 1 is 1.35 bits per heavy atom. The number of sulfonamides is 1. The Kier molecular flexibility index (Phi) is 4.45. The van der Waals surface area contributed by atoms with Crippen LogP contribution in [0.5, 0.6) is 0 Å². The number of halogens is 3. The van der Waals surface area contributed by atoms with E-state index >= 15 is 0 Å². The van der Waals surface area contributed by atoms with Crippen LogP contribution in [0.2, 0.25) is 0 Å². The van der Waals surface area contributed by atoms with Gasteiger partial charge in [-0.2, -0.15) is 17.9 Å². The number of hydrogen-bond acceptors (Lipinski definition) is 3. The minimum atomic E-state index is -4.57. The van der Waals surface area contributed by atoms with Crippen LogP contribution in [-0.4, -0.2) is 25.5 Å². The number of nitrogens with one attached hydrogen (secondary N) is 1. The molecule has 0 saturated carbocycles. The minimum Gasteiger partial charge on any atom is -0.480 e. The van der Waals surface area contributed by atoms with Crippen molar-refractivity contribution in [3.63, 3.8) is 0 Å². The van der Waals surface area contributed by atoms with Gasteiger partial charge in [0.05, 0.1) is 10.5 Å². The second-order valence-corrected chi connectivity index (χ2v) is 5.84. The number of carboxylic acid groups (broad SMARTS) is 1. The SMILES string of the molecule is Cc1cc(C(F)(F)F)ccc1S(=O)(=O)N[C@H](C)C(=O)O. The number of aliphatic carboxylic acids is 1. The number of rotatable bonds is 4. The molecule has 1 atom stereocenters. The van der Waals surface area contributed by atoms with Crippen molar-refractivity contribution >= 4 is 16.0 Å². The summed E-state index contributed by atoms with van der Waals surface area (Å²) >= 11 is 0. The number of carboxylic acids is 1. The molecule has 0 aliphatic carbocycles. The second-order valence-electron chi connectivity index (χ2n) is 4.16. The average molecular weight is 311 g/mol. The Labute approximate surface area is 113 Å². The van der Waals surface area contributed by atoms with Gasteiger partial charge >= 0.3 is 12.1 Å². The summed E-state index contributed by atoms with van der Waals surface area (Å²) in [6, 6.07) is 0.740. The summed E-state index contributed by atoms with van der Waals surface area (Å²) in [5, 5.41) is 8.64. The Balaban J connectivity index is 3.18. The second kappa shape index (κ2) is 5.41. The van der Waals surface area contributed by atoms with Crippen molar-refractivity contribution in [1.82, 2.24) is 4.72 Å². The van der Waals surface area contributed by atoms with Crippen LogP contribution in [0.25, 0.3) is 0 Å². The Bertz CT molecular complexity index is 625. The van der Waals surface area contributed by atoms with Crippen LogP contribution >= 0.6 is 0 Å². The first-order valence-corrected chi connectivity index (χ1v) is 6.86. The van der Waals surface area contributed by atoms with Gasteiger partial charge in [-0.05, 0) is 37.6 Å². The van der Waals surface area contributed by atoms with E-state index in [9.17, 15) is 26.4 Å². The monoisotopic (exact) mass is 311 g/mol. The van der Waals surface area contributed by atoms with Gasteiger partial charge in [0.1, 0.15) is 6.04 Å². The Morgan fingerprint density at radius 2 is 1.90 bits per heavy atom. The highest BCUT2D eigenvalue weighted by atomic mass is 32.2. The summed E-state index contributed by atoms with van der Waals surface area (Å²) in [4.78, 5) is 10.2. The fraction of sp³-hybridized carbons (Fsp3) is 0.364. The zero-order valence-electron chi connectivity index (χ0n) is 10.5. The molecule has 0 fully saturated rings. The summed E-state index contributed by atoms with van der Waals surface area (Å²) in [7, 11) is -4.20. The Hall–Kier alpha value is -1.61. The number of aryl methyl sites for hydroxylation is 1. The van der Waals surface area contributed by atoms with Gasteiger partial charge in [0.25, 0.3) is 0 Å². The van der Waals surface area contributed by atoms with Crippen molar-refractivity contribution in [2.24, 2.45) is 0 Å². The third-order valence-corrected chi connectivity index (χ3v) is 4.20. The lowest BCUT2D eigenvalue weighted by atomic mass is 10.1. The number of benzene rings is 1. The summed E-state index contributed by atoms with van der Waals surface area (Å²) in [6.45, 7) is 2.31. The molecule has 112 valence electrons. The number of hydrogen-bond donors (Lipinski definition) is 2. The summed E-state index contributed by atoms with van der Waals surface area (Å²) in [6.07, 6.45) is -4.57. The quantitative estimate of drug-likeness (QED) is 0.887. The Morgan fingerprint density at radius 3 is 2.30 bits per heavy atom. The molecule has 0 bridgehead atoms. The molecule has 0 aromatic heterocycles. The molecule has 2 N–H and O–H groups in total. The fourth-order valence-electron chi connectivity index (χ4n) is 1.47. The van der Waals surface area contributed by atoms with E-state index in [1.807, 2.05) is 4.72 Å². The van der Waals surface area contributed by atoms with Crippen molar-refractivity contribution in [2.45, 2.75) is 31.0 Å². The molecule has 0 aliphatic heterocycles. The van der Waals surface area contributed by atoms with E-state index in [2.05, 4.69) is 0 Å². The number of carbonyl (C=O) groups is 1. The molecule has 1 rings (SSSR count). The topological polar surface area (TPSA) is 83.5 Å². The maximum Gasteiger partial charge on any atom is 0.416 e. The van der Waals surface area contributed by atoms with Crippen LogP contribution in [-0.2, 0) is 21.0 Å². The third-order valence-electron chi connectivity index (χ3n) is 2.49. The highest BCUT2D eigenvalue weighted by molar-refractivity contribution is 7.89. The molecular formula is C11H12F3NO4S. The molecule has 9 heteroatoms. The van der Waals surface area contributed by atoms with E-state index in [0.717, 1.165) is 13.0 Å². The van der Waals surface area contributed by atoms with Crippen molar-refractivity contribution < 1.29 is 31.5 Å². The van der Waals surface area contributed by atoms with Crippen molar-refractivity contribution in [3.05, 3.63) is 29.3 Å². The lowest BCUT2D eigenvalue weighted by molar-refractivity contribution is -0.139. The van der Waals surface area contributed by atoms with Gasteiger partial charge in [0.15, 0.2) is 0 Å². The highest BCUT2D eigenvalue weighted by Crippen LogP contribution is 2.31. The summed E-state index contributed by atoms with van der Waals surface area (Å²) in [5.41, 5.74) is -1.09. The van der Waals surface area contributed by atoms with E-state index in [1.54, 1.807) is 0 Å². The lowest BCUT2D eigenvalue weighted by Crippen LogP contribution is -2.38. The first-order chi connectivity index (χ1) is 8.95. The molecule has 5 nitrogen and oxygen atoms in total. The zero-order valence-corrected chi connectivity index (χ0v) is 11.3. The van der Waals surface area contributed by atoms with Crippen molar-refractivity contribution in [1.29, 1.82) is 0 Å². The standard InChI is InChI=1S/C11H12F3NO4S/c1-6-5-8(11(12,13)14)3-4-9(6)20(18,19)15-7(2)10(16)17/h3-5,7,15H,1-2H3,(H,16,17)/t7-/m1/s1. The first-order valence-electron chi connectivity index (χ1n) is 5.38. The van der Waals surface area contributed by atoms with Crippen LogP contribution < -0.4 is 4.72 Å².